The van der Waals surface area contributed by atoms with Gasteiger partial charge in [0, 0.05) is 13.1 Å². The summed E-state index contributed by atoms with van der Waals surface area (Å²) in [5.74, 6) is 1.30. The average Bonchev–Trinajstić information content (AvgIpc) is 2.96. The van der Waals surface area contributed by atoms with E-state index in [1.807, 2.05) is 0 Å². The van der Waals surface area contributed by atoms with E-state index in [-0.39, 0.29) is 5.25 Å². The highest BCUT2D eigenvalue weighted by Crippen LogP contribution is 2.35. The van der Waals surface area contributed by atoms with E-state index in [0.29, 0.717) is 11.8 Å². The van der Waals surface area contributed by atoms with Gasteiger partial charge in [-0.15, -0.1) is 0 Å². The van der Waals surface area contributed by atoms with E-state index in [9.17, 15) is 8.42 Å². The summed E-state index contributed by atoms with van der Waals surface area (Å²) in [6.45, 7) is 5.11. The third-order valence-corrected chi connectivity index (χ3v) is 5.48. The van der Waals surface area contributed by atoms with Crippen LogP contribution in [-0.2, 0) is 10.0 Å². The third-order valence-electron chi connectivity index (χ3n) is 3.27. The highest BCUT2D eigenvalue weighted by atomic mass is 32.2. The molecule has 0 heterocycles. The standard InChI is InChI=1S/C11H21NO2S/c1-9(2)15(13,14)12(7-10-3-4-10)8-11-5-6-11/h9-11H,3-8H2,1-2H3. The fourth-order valence-electron chi connectivity index (χ4n) is 1.76. The van der Waals surface area contributed by atoms with Crippen molar-refractivity contribution < 1.29 is 8.42 Å². The zero-order valence-electron chi connectivity index (χ0n) is 9.65. The molecular weight excluding hydrogens is 210 g/mol. The summed E-state index contributed by atoms with van der Waals surface area (Å²) in [7, 11) is -3.02. The fourth-order valence-corrected chi connectivity index (χ4v) is 3.19. The van der Waals surface area contributed by atoms with Crippen LogP contribution in [0.25, 0.3) is 0 Å². The average molecular weight is 231 g/mol. The molecule has 0 aliphatic heterocycles. The van der Waals surface area contributed by atoms with Crippen molar-refractivity contribution in [2.45, 2.75) is 44.8 Å². The Bertz CT molecular complexity index is 301. The number of rotatable bonds is 6. The van der Waals surface area contributed by atoms with Crippen LogP contribution in [0.1, 0.15) is 39.5 Å². The molecule has 0 radical (unpaired) electrons. The molecule has 0 saturated heterocycles. The molecule has 15 heavy (non-hydrogen) atoms. The Kier molecular flexibility index (Phi) is 3.08. The van der Waals surface area contributed by atoms with Crippen molar-refractivity contribution in [3.05, 3.63) is 0 Å². The third kappa shape index (κ3) is 2.94. The molecule has 0 aromatic heterocycles. The molecule has 0 spiro atoms. The molecule has 0 amide bonds. The van der Waals surface area contributed by atoms with Gasteiger partial charge in [-0.3, -0.25) is 0 Å². The Morgan fingerprint density at radius 2 is 1.47 bits per heavy atom. The maximum absolute atomic E-state index is 12.1. The van der Waals surface area contributed by atoms with E-state index in [1.165, 1.54) is 25.7 Å². The molecule has 2 rings (SSSR count). The zero-order valence-corrected chi connectivity index (χ0v) is 10.5. The van der Waals surface area contributed by atoms with Gasteiger partial charge in [0.25, 0.3) is 0 Å². The van der Waals surface area contributed by atoms with Gasteiger partial charge in [-0.1, -0.05) is 0 Å². The van der Waals surface area contributed by atoms with E-state index in [0.717, 1.165) is 13.1 Å². The van der Waals surface area contributed by atoms with Crippen molar-refractivity contribution in [2.24, 2.45) is 11.8 Å². The first-order valence-corrected chi connectivity index (χ1v) is 7.49. The van der Waals surface area contributed by atoms with Gasteiger partial charge < -0.3 is 0 Å². The minimum absolute atomic E-state index is 0.269. The van der Waals surface area contributed by atoms with Crippen LogP contribution < -0.4 is 0 Å². The summed E-state index contributed by atoms with van der Waals surface area (Å²) in [6, 6.07) is 0. The summed E-state index contributed by atoms with van der Waals surface area (Å²) in [5, 5.41) is -0.269. The van der Waals surface area contributed by atoms with E-state index in [1.54, 1.807) is 18.2 Å². The second kappa shape index (κ2) is 4.06. The molecule has 2 aliphatic rings. The van der Waals surface area contributed by atoms with Crippen LogP contribution >= 0.6 is 0 Å². The predicted molar refractivity (Wildman–Crippen MR) is 61.1 cm³/mol. The normalized spacial score (nSPS) is 22.7. The van der Waals surface area contributed by atoms with Crippen molar-refractivity contribution in [1.29, 1.82) is 0 Å². The van der Waals surface area contributed by atoms with Crippen LogP contribution in [0.4, 0.5) is 0 Å². The second-order valence-electron chi connectivity index (χ2n) is 5.30. The van der Waals surface area contributed by atoms with Crippen molar-refractivity contribution >= 4 is 10.0 Å². The molecule has 4 heteroatoms. The Labute approximate surface area is 92.9 Å². The van der Waals surface area contributed by atoms with Crippen LogP contribution in [-0.4, -0.2) is 31.1 Å². The highest BCUT2D eigenvalue weighted by Gasteiger charge is 2.35. The largest absolute Gasteiger partial charge is 0.216 e. The van der Waals surface area contributed by atoms with Crippen LogP contribution in [0, 0.1) is 11.8 Å². The molecule has 3 nitrogen and oxygen atoms in total. The Hall–Kier alpha value is -0.0900. The minimum atomic E-state index is -3.02. The molecule has 2 saturated carbocycles. The monoisotopic (exact) mass is 231 g/mol. The topological polar surface area (TPSA) is 37.4 Å². The number of hydrogen-bond donors (Lipinski definition) is 0. The van der Waals surface area contributed by atoms with Crippen molar-refractivity contribution in [3.63, 3.8) is 0 Å². The molecule has 0 unspecified atom stereocenters. The van der Waals surface area contributed by atoms with E-state index in [2.05, 4.69) is 0 Å². The quantitative estimate of drug-likeness (QED) is 0.699. The van der Waals surface area contributed by atoms with Crippen molar-refractivity contribution in [1.82, 2.24) is 4.31 Å². The van der Waals surface area contributed by atoms with Crippen LogP contribution in [0.2, 0.25) is 0 Å². The van der Waals surface area contributed by atoms with Gasteiger partial charge in [0.05, 0.1) is 5.25 Å². The summed E-state index contributed by atoms with van der Waals surface area (Å²) in [6.07, 6.45) is 4.87. The lowest BCUT2D eigenvalue weighted by molar-refractivity contribution is 0.378. The van der Waals surface area contributed by atoms with Gasteiger partial charge in [0.2, 0.25) is 10.0 Å². The maximum Gasteiger partial charge on any atom is 0.216 e. The summed E-state index contributed by atoms with van der Waals surface area (Å²) in [5.41, 5.74) is 0. The van der Waals surface area contributed by atoms with E-state index in [4.69, 9.17) is 0 Å². The SMILES string of the molecule is CC(C)S(=O)(=O)N(CC1CC1)CC1CC1. The summed E-state index contributed by atoms with van der Waals surface area (Å²) in [4.78, 5) is 0. The lowest BCUT2D eigenvalue weighted by Crippen LogP contribution is -2.39. The first-order chi connectivity index (χ1) is 7.00. The van der Waals surface area contributed by atoms with Crippen LogP contribution in [0.15, 0.2) is 0 Å². The van der Waals surface area contributed by atoms with Gasteiger partial charge in [-0.2, -0.15) is 0 Å². The lowest BCUT2D eigenvalue weighted by atomic mass is 10.4. The lowest BCUT2D eigenvalue weighted by Gasteiger charge is -2.24. The number of sulfonamides is 1. The maximum atomic E-state index is 12.1. The Morgan fingerprint density at radius 3 is 1.73 bits per heavy atom. The summed E-state index contributed by atoms with van der Waals surface area (Å²) >= 11 is 0. The van der Waals surface area contributed by atoms with Gasteiger partial charge in [-0.05, 0) is 51.4 Å². The zero-order chi connectivity index (χ0) is 11.1. The number of hydrogen-bond acceptors (Lipinski definition) is 2. The van der Waals surface area contributed by atoms with Gasteiger partial charge in [0.1, 0.15) is 0 Å². The molecule has 2 fully saturated rings. The van der Waals surface area contributed by atoms with Crippen molar-refractivity contribution in [2.75, 3.05) is 13.1 Å². The van der Waals surface area contributed by atoms with Crippen LogP contribution in [0.5, 0.6) is 0 Å². The minimum Gasteiger partial charge on any atom is -0.212 e. The fraction of sp³-hybridized carbons (Fsp3) is 1.00. The molecule has 0 aromatic rings. The molecule has 88 valence electrons. The first-order valence-electron chi connectivity index (χ1n) is 5.99. The Morgan fingerprint density at radius 1 is 1.07 bits per heavy atom. The predicted octanol–water partition coefficient (Wildman–Crippen LogP) is 1.85. The van der Waals surface area contributed by atoms with Crippen molar-refractivity contribution in [3.8, 4) is 0 Å². The smallest absolute Gasteiger partial charge is 0.212 e. The molecule has 0 atom stereocenters. The Balaban J connectivity index is 2.01. The summed E-state index contributed by atoms with van der Waals surface area (Å²) < 4.78 is 25.9. The molecule has 0 N–H and O–H groups in total. The number of nitrogens with zero attached hydrogens (tertiary/aromatic N) is 1. The van der Waals surface area contributed by atoms with E-state index < -0.39 is 10.0 Å². The molecule has 2 aliphatic carbocycles. The second-order valence-corrected chi connectivity index (χ2v) is 7.79. The molecule has 0 aromatic carbocycles. The first kappa shape index (κ1) is 11.4. The van der Waals surface area contributed by atoms with Gasteiger partial charge in [0.15, 0.2) is 0 Å². The van der Waals surface area contributed by atoms with Gasteiger partial charge >= 0.3 is 0 Å². The van der Waals surface area contributed by atoms with Gasteiger partial charge in [-0.25, -0.2) is 12.7 Å². The molecule has 0 bridgehead atoms. The van der Waals surface area contributed by atoms with Crippen LogP contribution in [0.3, 0.4) is 0 Å². The highest BCUT2D eigenvalue weighted by molar-refractivity contribution is 7.89. The molecular formula is C11H21NO2S. The van der Waals surface area contributed by atoms with E-state index >= 15 is 0 Å².